The number of nitrogens with zero attached hydrogens (tertiary/aromatic N) is 4. The van der Waals surface area contributed by atoms with Crippen LogP contribution in [0, 0.1) is 0 Å². The van der Waals surface area contributed by atoms with E-state index < -0.39 is 17.9 Å². The van der Waals surface area contributed by atoms with Crippen LogP contribution in [0.3, 0.4) is 0 Å². The number of fused-ring (bicyclic) bond motifs is 1. The van der Waals surface area contributed by atoms with Gasteiger partial charge in [-0.2, -0.15) is 4.68 Å². The number of amides is 3. The lowest BCUT2D eigenvalue weighted by Gasteiger charge is -2.18. The molecule has 11 heteroatoms. The minimum Gasteiger partial charge on any atom is -0.348 e. The van der Waals surface area contributed by atoms with Crippen LogP contribution in [-0.2, 0) is 22.6 Å². The Morgan fingerprint density at radius 3 is 2.74 bits per heavy atom. The van der Waals surface area contributed by atoms with Crippen molar-refractivity contribution in [3.63, 3.8) is 0 Å². The second kappa shape index (κ2) is 11.1. The van der Waals surface area contributed by atoms with Gasteiger partial charge in [-0.25, -0.2) is 0 Å². The number of halogens is 1. The van der Waals surface area contributed by atoms with E-state index in [9.17, 15) is 14.4 Å². The maximum atomic E-state index is 13.3. The van der Waals surface area contributed by atoms with E-state index in [1.54, 1.807) is 42.5 Å². The van der Waals surface area contributed by atoms with E-state index >= 15 is 0 Å². The van der Waals surface area contributed by atoms with Crippen molar-refractivity contribution in [1.29, 1.82) is 0 Å². The Labute approximate surface area is 222 Å². The number of carbonyl (C=O) groups is 3. The molecule has 5 rings (SSSR count). The Balaban J connectivity index is 1.34. The number of aromatic nitrogens is 4. The lowest BCUT2D eigenvalue weighted by atomic mass is 10.0. The minimum absolute atomic E-state index is 0.183. The van der Waals surface area contributed by atoms with Crippen molar-refractivity contribution in [1.82, 2.24) is 30.8 Å². The average molecular weight is 528 g/mol. The first-order valence-electron chi connectivity index (χ1n) is 11.7. The quantitative estimate of drug-likeness (QED) is 0.302. The summed E-state index contributed by atoms with van der Waals surface area (Å²) in [4.78, 5) is 38.2. The third-order valence-corrected chi connectivity index (χ3v) is 6.21. The topological polar surface area (TPSA) is 131 Å². The highest BCUT2D eigenvalue weighted by Crippen LogP contribution is 2.21. The van der Waals surface area contributed by atoms with E-state index in [0.29, 0.717) is 34.1 Å². The van der Waals surface area contributed by atoms with E-state index in [-0.39, 0.29) is 12.3 Å². The molecule has 0 fully saturated rings. The summed E-state index contributed by atoms with van der Waals surface area (Å²) in [5.74, 6) is -1.07. The van der Waals surface area contributed by atoms with Gasteiger partial charge in [-0.3, -0.25) is 14.4 Å². The summed E-state index contributed by atoms with van der Waals surface area (Å²) in [5, 5.41) is 20.0. The maximum Gasteiger partial charge on any atom is 0.251 e. The van der Waals surface area contributed by atoms with Crippen molar-refractivity contribution in [2.75, 3.05) is 5.32 Å². The van der Waals surface area contributed by atoms with Crippen molar-refractivity contribution in [3.05, 3.63) is 106 Å². The van der Waals surface area contributed by atoms with Gasteiger partial charge < -0.3 is 16.0 Å². The third kappa shape index (κ3) is 5.76. The fourth-order valence-electron chi connectivity index (χ4n) is 4.10. The van der Waals surface area contributed by atoms with E-state index in [0.717, 1.165) is 11.1 Å². The number of nitrogens with one attached hydrogen (secondary N) is 3. The zero-order valence-corrected chi connectivity index (χ0v) is 20.7. The predicted octanol–water partition coefficient (Wildman–Crippen LogP) is 2.94. The van der Waals surface area contributed by atoms with Gasteiger partial charge in [-0.15, -0.1) is 5.10 Å². The molecule has 3 aromatic carbocycles. The Morgan fingerprint density at radius 2 is 1.95 bits per heavy atom. The van der Waals surface area contributed by atoms with Crippen LogP contribution < -0.4 is 16.0 Å². The van der Waals surface area contributed by atoms with Gasteiger partial charge in [0.2, 0.25) is 11.8 Å². The van der Waals surface area contributed by atoms with Crippen LogP contribution in [-0.4, -0.2) is 44.0 Å². The molecular weight excluding hydrogens is 506 g/mol. The molecular formula is C27H22ClN7O3. The molecule has 1 atom stereocenters. The van der Waals surface area contributed by atoms with Crippen LogP contribution in [0.2, 0.25) is 5.02 Å². The molecule has 0 radical (unpaired) electrons. The van der Waals surface area contributed by atoms with Crippen LogP contribution in [0.4, 0.5) is 5.69 Å². The molecule has 1 unspecified atom stereocenters. The lowest BCUT2D eigenvalue weighted by Crippen LogP contribution is -2.44. The second-order valence-electron chi connectivity index (χ2n) is 8.59. The molecule has 38 heavy (non-hydrogen) atoms. The van der Waals surface area contributed by atoms with Gasteiger partial charge in [0.1, 0.15) is 12.4 Å². The van der Waals surface area contributed by atoms with Gasteiger partial charge in [0, 0.05) is 40.9 Å². The Kier molecular flexibility index (Phi) is 7.23. The molecule has 190 valence electrons. The number of anilines is 1. The first kappa shape index (κ1) is 24.8. The summed E-state index contributed by atoms with van der Waals surface area (Å²) in [6.45, 7) is 0.461. The number of hydrogen-bond donors (Lipinski definition) is 3. The molecule has 0 spiro atoms. The molecule has 0 bridgehead atoms. The van der Waals surface area contributed by atoms with E-state index in [1.165, 1.54) is 17.1 Å². The van der Waals surface area contributed by atoms with Crippen molar-refractivity contribution in [2.24, 2.45) is 0 Å². The third-order valence-electron chi connectivity index (χ3n) is 5.98. The van der Waals surface area contributed by atoms with Crippen LogP contribution in [0.1, 0.15) is 27.0 Å². The zero-order valence-electron chi connectivity index (χ0n) is 20.0. The normalized spacial score (nSPS) is 13.1. The van der Waals surface area contributed by atoms with Crippen LogP contribution in [0.5, 0.6) is 0 Å². The van der Waals surface area contributed by atoms with Gasteiger partial charge in [0.05, 0.1) is 5.69 Å². The smallest absolute Gasteiger partial charge is 0.251 e. The number of carbonyl (C=O) groups excluding carboxylic acids is 3. The van der Waals surface area contributed by atoms with E-state index in [1.807, 2.05) is 30.3 Å². The van der Waals surface area contributed by atoms with Gasteiger partial charge in [-0.05, 0) is 58.0 Å². The maximum absolute atomic E-state index is 13.3. The number of rotatable bonds is 8. The summed E-state index contributed by atoms with van der Waals surface area (Å²) in [7, 11) is 0. The first-order chi connectivity index (χ1) is 18.5. The minimum atomic E-state index is -0.880. The number of tetrazole rings is 1. The molecule has 0 saturated heterocycles. The second-order valence-corrected chi connectivity index (χ2v) is 9.02. The fourth-order valence-corrected chi connectivity index (χ4v) is 4.28. The molecule has 1 aromatic heterocycles. The monoisotopic (exact) mass is 527 g/mol. The Morgan fingerprint density at radius 1 is 1.11 bits per heavy atom. The van der Waals surface area contributed by atoms with E-state index in [4.69, 9.17) is 11.6 Å². The van der Waals surface area contributed by atoms with Crippen molar-refractivity contribution in [2.45, 2.75) is 19.0 Å². The summed E-state index contributed by atoms with van der Waals surface area (Å²) in [5.41, 5.74) is 3.98. The van der Waals surface area contributed by atoms with Crippen molar-refractivity contribution < 1.29 is 14.4 Å². The van der Waals surface area contributed by atoms with Gasteiger partial charge in [0.25, 0.3) is 5.91 Å². The lowest BCUT2D eigenvalue weighted by molar-refractivity contribution is -0.123. The highest BCUT2D eigenvalue weighted by molar-refractivity contribution is 6.30. The SMILES string of the molecule is O=C(C=Cc1cc(Cl)ccc1-n1cnnn1)NC(Cc1ccccc1)C(=O)Nc1ccc2c(c1)C(=O)NC2. The average Bonchev–Trinajstić information content (AvgIpc) is 3.58. The zero-order chi connectivity index (χ0) is 26.5. The van der Waals surface area contributed by atoms with Crippen LogP contribution >= 0.6 is 11.6 Å². The summed E-state index contributed by atoms with van der Waals surface area (Å²) in [6.07, 6.45) is 4.60. The van der Waals surface area contributed by atoms with Gasteiger partial charge in [0.15, 0.2) is 0 Å². The summed E-state index contributed by atoms with van der Waals surface area (Å²) in [6, 6.07) is 18.8. The first-order valence-corrected chi connectivity index (χ1v) is 12.1. The molecule has 2 heterocycles. The van der Waals surface area contributed by atoms with Gasteiger partial charge in [-0.1, -0.05) is 48.0 Å². The standard InChI is InChI=1S/C27H22ClN7O3/c28-20-8-10-24(35-16-30-33-34-35)18(13-20)7-11-25(36)32-23(12-17-4-2-1-3-5-17)27(38)31-21-9-6-19-15-29-26(37)22(19)14-21/h1-11,13-14,16,23H,12,15H2,(H,29,37)(H,31,38)(H,32,36). The molecule has 3 N–H and O–H groups in total. The number of hydrogen-bond acceptors (Lipinski definition) is 6. The van der Waals surface area contributed by atoms with Gasteiger partial charge >= 0.3 is 0 Å². The molecule has 3 amide bonds. The molecule has 4 aromatic rings. The molecule has 1 aliphatic heterocycles. The largest absolute Gasteiger partial charge is 0.348 e. The van der Waals surface area contributed by atoms with Crippen molar-refractivity contribution >= 4 is 41.1 Å². The van der Waals surface area contributed by atoms with Crippen LogP contribution in [0.25, 0.3) is 11.8 Å². The highest BCUT2D eigenvalue weighted by atomic mass is 35.5. The molecule has 10 nitrogen and oxygen atoms in total. The molecule has 0 saturated carbocycles. The fraction of sp³-hybridized carbons (Fsp3) is 0.111. The summed E-state index contributed by atoms with van der Waals surface area (Å²) >= 11 is 6.16. The number of benzene rings is 3. The van der Waals surface area contributed by atoms with Crippen molar-refractivity contribution in [3.8, 4) is 5.69 Å². The molecule has 0 aliphatic carbocycles. The van der Waals surface area contributed by atoms with Crippen LogP contribution in [0.15, 0.2) is 79.1 Å². The van der Waals surface area contributed by atoms with E-state index in [2.05, 4.69) is 31.5 Å². The Bertz CT molecular complexity index is 1520. The molecule has 1 aliphatic rings. The predicted molar refractivity (Wildman–Crippen MR) is 142 cm³/mol. The summed E-state index contributed by atoms with van der Waals surface area (Å²) < 4.78 is 1.45. The highest BCUT2D eigenvalue weighted by Gasteiger charge is 2.23. The Hall–Kier alpha value is -4.83.